The molecule has 0 saturated carbocycles. The molecule has 1 aromatic rings. The summed E-state index contributed by atoms with van der Waals surface area (Å²) in [6.07, 6.45) is 1.65. The van der Waals surface area contributed by atoms with Crippen molar-refractivity contribution in [2.24, 2.45) is 0 Å². The molecule has 0 radical (unpaired) electrons. The second kappa shape index (κ2) is 3.97. The zero-order valence-corrected chi connectivity index (χ0v) is 6.47. The molecule has 0 bridgehead atoms. The highest BCUT2D eigenvalue weighted by Gasteiger charge is 1.99. The molecule has 1 rings (SSSR count). The molecule has 60 valence electrons. The third-order valence-corrected chi connectivity index (χ3v) is 1.89. The first kappa shape index (κ1) is 8.06. The normalized spacial score (nSPS) is 9.82. The Balaban J connectivity index is 2.19. The number of rotatable bonds is 4. The first-order valence-corrected chi connectivity index (χ1v) is 4.09. The summed E-state index contributed by atoms with van der Waals surface area (Å²) in [6.45, 7) is 0. The van der Waals surface area contributed by atoms with Crippen molar-refractivity contribution >= 4 is 17.7 Å². The second-order valence-electron chi connectivity index (χ2n) is 1.85. The Bertz CT molecular complexity index is 224. The highest BCUT2D eigenvalue weighted by molar-refractivity contribution is 7.99. The van der Waals surface area contributed by atoms with Crippen LogP contribution >= 0.6 is 11.8 Å². The smallest absolute Gasteiger partial charge is 0.313 e. The zero-order chi connectivity index (χ0) is 8.10. The summed E-state index contributed by atoms with van der Waals surface area (Å²) in [4.78, 5) is 10.1. The predicted octanol–water partition coefficient (Wildman–Crippen LogP) is 0.122. The number of hydrogen-bond donors (Lipinski definition) is 2. The standard InChI is InChI=1S/C5H7N3O2S/c9-5(10)3-11-2-4-1-6-8-7-4/h1H,2-3H2,(H,9,10)(H,6,7,8). The van der Waals surface area contributed by atoms with Crippen molar-refractivity contribution in [1.29, 1.82) is 0 Å². The van der Waals surface area contributed by atoms with E-state index in [4.69, 9.17) is 5.11 Å². The van der Waals surface area contributed by atoms with E-state index in [2.05, 4.69) is 15.4 Å². The van der Waals surface area contributed by atoms with Crippen LogP contribution in [0.25, 0.3) is 0 Å². The summed E-state index contributed by atoms with van der Waals surface area (Å²) >= 11 is 1.30. The van der Waals surface area contributed by atoms with Crippen LogP contribution in [0.1, 0.15) is 5.69 Å². The number of nitrogens with one attached hydrogen (secondary N) is 1. The maximum atomic E-state index is 10.1. The SMILES string of the molecule is O=C(O)CSCc1c[nH]nn1. The average molecular weight is 173 g/mol. The topological polar surface area (TPSA) is 78.9 Å². The molecule has 6 heteroatoms. The van der Waals surface area contributed by atoms with Crippen LogP contribution in [0.2, 0.25) is 0 Å². The molecule has 0 atom stereocenters. The first-order valence-electron chi connectivity index (χ1n) is 2.94. The minimum atomic E-state index is -0.807. The summed E-state index contributed by atoms with van der Waals surface area (Å²) in [5.74, 6) is -0.117. The van der Waals surface area contributed by atoms with Crippen molar-refractivity contribution < 1.29 is 9.90 Å². The number of carboxylic acid groups (broad SMARTS) is 1. The fourth-order valence-corrected chi connectivity index (χ4v) is 1.17. The molecule has 0 aliphatic rings. The van der Waals surface area contributed by atoms with Crippen molar-refractivity contribution in [3.63, 3.8) is 0 Å². The molecule has 0 aromatic carbocycles. The van der Waals surface area contributed by atoms with E-state index in [-0.39, 0.29) is 5.75 Å². The number of hydrogen-bond acceptors (Lipinski definition) is 4. The van der Waals surface area contributed by atoms with E-state index in [1.165, 1.54) is 11.8 Å². The number of aromatic amines is 1. The lowest BCUT2D eigenvalue weighted by Crippen LogP contribution is -1.98. The van der Waals surface area contributed by atoms with E-state index in [0.717, 1.165) is 5.69 Å². The van der Waals surface area contributed by atoms with Crippen LogP contribution in [0.4, 0.5) is 0 Å². The zero-order valence-electron chi connectivity index (χ0n) is 5.65. The van der Waals surface area contributed by atoms with Gasteiger partial charge in [0.15, 0.2) is 0 Å². The van der Waals surface area contributed by atoms with Gasteiger partial charge in [-0.1, -0.05) is 5.21 Å². The maximum absolute atomic E-state index is 10.1. The minimum absolute atomic E-state index is 0.104. The molecule has 11 heavy (non-hydrogen) atoms. The van der Waals surface area contributed by atoms with Crippen LogP contribution in [-0.2, 0) is 10.5 Å². The number of aromatic nitrogens is 3. The van der Waals surface area contributed by atoms with E-state index in [1.54, 1.807) is 6.20 Å². The predicted molar refractivity (Wildman–Crippen MR) is 40.2 cm³/mol. The Morgan fingerprint density at radius 1 is 1.82 bits per heavy atom. The Morgan fingerprint density at radius 3 is 3.18 bits per heavy atom. The van der Waals surface area contributed by atoms with Crippen LogP contribution < -0.4 is 0 Å². The summed E-state index contributed by atoms with van der Waals surface area (Å²) < 4.78 is 0. The van der Waals surface area contributed by atoms with Gasteiger partial charge in [0.2, 0.25) is 0 Å². The third-order valence-electron chi connectivity index (χ3n) is 0.943. The number of carboxylic acids is 1. The lowest BCUT2D eigenvalue weighted by Gasteiger charge is -1.91. The molecule has 0 unspecified atom stereocenters. The van der Waals surface area contributed by atoms with E-state index in [9.17, 15) is 4.79 Å². The number of carbonyl (C=O) groups is 1. The van der Waals surface area contributed by atoms with Gasteiger partial charge in [0, 0.05) is 11.9 Å². The van der Waals surface area contributed by atoms with E-state index >= 15 is 0 Å². The lowest BCUT2D eigenvalue weighted by molar-refractivity contribution is -0.133. The van der Waals surface area contributed by atoms with E-state index in [1.807, 2.05) is 0 Å². The van der Waals surface area contributed by atoms with Crippen LogP contribution in [-0.4, -0.2) is 32.2 Å². The molecule has 1 heterocycles. The first-order chi connectivity index (χ1) is 5.29. The quantitative estimate of drug-likeness (QED) is 0.676. The lowest BCUT2D eigenvalue weighted by atomic mass is 10.6. The largest absolute Gasteiger partial charge is 0.481 e. The highest BCUT2D eigenvalue weighted by Crippen LogP contribution is 2.06. The van der Waals surface area contributed by atoms with Crippen LogP contribution in [0.3, 0.4) is 0 Å². The third kappa shape index (κ3) is 3.03. The van der Waals surface area contributed by atoms with Gasteiger partial charge in [-0.3, -0.25) is 9.89 Å². The van der Waals surface area contributed by atoms with E-state index in [0.29, 0.717) is 5.75 Å². The summed E-state index contributed by atoms with van der Waals surface area (Å²) in [7, 11) is 0. The van der Waals surface area contributed by atoms with Crippen molar-refractivity contribution in [1.82, 2.24) is 15.4 Å². The van der Waals surface area contributed by atoms with Crippen molar-refractivity contribution in [3.05, 3.63) is 11.9 Å². The van der Waals surface area contributed by atoms with Crippen LogP contribution in [0, 0.1) is 0 Å². The number of nitrogens with zero attached hydrogens (tertiary/aromatic N) is 2. The van der Waals surface area contributed by atoms with Gasteiger partial charge < -0.3 is 5.11 Å². The van der Waals surface area contributed by atoms with Crippen LogP contribution in [0.5, 0.6) is 0 Å². The second-order valence-corrected chi connectivity index (χ2v) is 2.84. The number of thioether (sulfide) groups is 1. The number of aliphatic carboxylic acids is 1. The van der Waals surface area contributed by atoms with Crippen LogP contribution in [0.15, 0.2) is 6.20 Å². The fourth-order valence-electron chi connectivity index (χ4n) is 0.539. The fraction of sp³-hybridized carbons (Fsp3) is 0.400. The molecule has 0 aliphatic heterocycles. The molecule has 0 spiro atoms. The Labute approximate surface area is 67.2 Å². The Kier molecular flexibility index (Phi) is 2.91. The minimum Gasteiger partial charge on any atom is -0.481 e. The molecule has 0 amide bonds. The molecule has 2 N–H and O–H groups in total. The van der Waals surface area contributed by atoms with E-state index < -0.39 is 5.97 Å². The summed E-state index contributed by atoms with van der Waals surface area (Å²) in [6, 6.07) is 0. The molecule has 0 fully saturated rings. The van der Waals surface area contributed by atoms with Gasteiger partial charge in [-0.25, -0.2) is 0 Å². The Hall–Kier alpha value is -1.04. The van der Waals surface area contributed by atoms with Gasteiger partial charge in [0.05, 0.1) is 11.4 Å². The number of H-pyrrole nitrogens is 1. The van der Waals surface area contributed by atoms with Crippen molar-refractivity contribution in [2.45, 2.75) is 5.75 Å². The molecular weight excluding hydrogens is 166 g/mol. The van der Waals surface area contributed by atoms with Gasteiger partial charge in [-0.15, -0.1) is 16.9 Å². The maximum Gasteiger partial charge on any atom is 0.313 e. The molecule has 5 nitrogen and oxygen atoms in total. The van der Waals surface area contributed by atoms with Gasteiger partial charge in [-0.2, -0.15) is 0 Å². The van der Waals surface area contributed by atoms with Gasteiger partial charge >= 0.3 is 5.97 Å². The van der Waals surface area contributed by atoms with Crippen molar-refractivity contribution in [3.8, 4) is 0 Å². The highest BCUT2D eigenvalue weighted by atomic mass is 32.2. The average Bonchev–Trinajstić information content (AvgIpc) is 2.39. The summed E-state index contributed by atoms with van der Waals surface area (Å²) in [5.41, 5.74) is 0.774. The summed E-state index contributed by atoms with van der Waals surface area (Å²) in [5, 5.41) is 18.0. The molecule has 0 saturated heterocycles. The van der Waals surface area contributed by atoms with Gasteiger partial charge in [0.1, 0.15) is 0 Å². The van der Waals surface area contributed by atoms with Gasteiger partial charge in [-0.05, 0) is 0 Å². The molecular formula is C5H7N3O2S. The van der Waals surface area contributed by atoms with Crippen molar-refractivity contribution in [2.75, 3.05) is 5.75 Å². The Morgan fingerprint density at radius 2 is 2.64 bits per heavy atom. The van der Waals surface area contributed by atoms with Gasteiger partial charge in [0.25, 0.3) is 0 Å². The molecule has 0 aliphatic carbocycles. The monoisotopic (exact) mass is 173 g/mol. The molecule has 1 aromatic heterocycles.